The van der Waals surface area contributed by atoms with Gasteiger partial charge in [0, 0.05) is 28.9 Å². The summed E-state index contributed by atoms with van der Waals surface area (Å²) in [5.41, 5.74) is -1.75. The number of hydrogen-bond donors (Lipinski definition) is 2. The van der Waals surface area contributed by atoms with Crippen LogP contribution in [0.3, 0.4) is 0 Å². The van der Waals surface area contributed by atoms with Crippen molar-refractivity contribution in [3.05, 3.63) is 69.3 Å². The van der Waals surface area contributed by atoms with E-state index in [9.17, 15) is 22.4 Å². The first-order valence-electron chi connectivity index (χ1n) is 7.31. The molecule has 0 unspecified atom stereocenters. The van der Waals surface area contributed by atoms with Crippen LogP contribution in [-0.2, 0) is 6.18 Å². The molecular formula is C17H9ClF4N2O2S. The Labute approximate surface area is 159 Å². The SMILES string of the molecule is O=c1cc(C(F)(F)F)c2ccc(NC(=S)Nc3ccc(F)c(Cl)c3)cc2o1. The first kappa shape index (κ1) is 19.1. The Morgan fingerprint density at radius 1 is 1.04 bits per heavy atom. The molecule has 3 rings (SSSR count). The number of alkyl halides is 3. The molecular weight excluding hydrogens is 408 g/mol. The van der Waals surface area contributed by atoms with Crippen molar-refractivity contribution < 1.29 is 22.0 Å². The molecule has 2 aromatic carbocycles. The molecule has 0 aliphatic carbocycles. The summed E-state index contributed by atoms with van der Waals surface area (Å²) >= 11 is 10.8. The maximum absolute atomic E-state index is 13.2. The van der Waals surface area contributed by atoms with Crippen LogP contribution in [0.15, 0.2) is 51.7 Å². The van der Waals surface area contributed by atoms with Gasteiger partial charge in [-0.05, 0) is 42.5 Å². The van der Waals surface area contributed by atoms with E-state index in [1.807, 2.05) is 0 Å². The first-order valence-corrected chi connectivity index (χ1v) is 8.10. The molecule has 140 valence electrons. The van der Waals surface area contributed by atoms with Gasteiger partial charge in [-0.25, -0.2) is 9.18 Å². The lowest BCUT2D eigenvalue weighted by molar-refractivity contribution is -0.136. The molecule has 10 heteroatoms. The van der Waals surface area contributed by atoms with Gasteiger partial charge in [-0.2, -0.15) is 13.2 Å². The number of benzene rings is 2. The molecule has 1 aromatic heterocycles. The largest absolute Gasteiger partial charge is 0.423 e. The molecule has 0 amide bonds. The van der Waals surface area contributed by atoms with Gasteiger partial charge in [-0.15, -0.1) is 0 Å². The maximum atomic E-state index is 13.2. The second kappa shape index (κ2) is 7.16. The van der Waals surface area contributed by atoms with E-state index in [4.69, 9.17) is 28.2 Å². The molecule has 4 nitrogen and oxygen atoms in total. The van der Waals surface area contributed by atoms with Crippen molar-refractivity contribution >= 4 is 51.3 Å². The van der Waals surface area contributed by atoms with Crippen molar-refractivity contribution in [2.75, 3.05) is 10.6 Å². The van der Waals surface area contributed by atoms with Gasteiger partial charge in [-0.1, -0.05) is 11.6 Å². The molecule has 0 aliphatic rings. The summed E-state index contributed by atoms with van der Waals surface area (Å²) in [5, 5.41) is 5.21. The molecule has 27 heavy (non-hydrogen) atoms. The molecule has 0 spiro atoms. The maximum Gasteiger partial charge on any atom is 0.417 e. The van der Waals surface area contributed by atoms with Crippen molar-refractivity contribution in [3.8, 4) is 0 Å². The topological polar surface area (TPSA) is 54.3 Å². The zero-order chi connectivity index (χ0) is 19.8. The average Bonchev–Trinajstić information content (AvgIpc) is 2.56. The van der Waals surface area contributed by atoms with E-state index in [1.165, 1.54) is 30.3 Å². The van der Waals surface area contributed by atoms with Crippen LogP contribution in [0.25, 0.3) is 11.0 Å². The Balaban J connectivity index is 1.86. The minimum absolute atomic E-state index is 0.0753. The highest BCUT2D eigenvalue weighted by molar-refractivity contribution is 7.80. The molecule has 0 bridgehead atoms. The molecule has 0 fully saturated rings. The van der Waals surface area contributed by atoms with Crippen molar-refractivity contribution in [3.63, 3.8) is 0 Å². The highest BCUT2D eigenvalue weighted by Gasteiger charge is 2.33. The van der Waals surface area contributed by atoms with Gasteiger partial charge in [0.1, 0.15) is 11.4 Å². The van der Waals surface area contributed by atoms with Crippen LogP contribution in [0, 0.1) is 5.82 Å². The van der Waals surface area contributed by atoms with E-state index in [-0.39, 0.29) is 26.8 Å². The molecule has 0 saturated carbocycles. The number of thiocarbonyl (C=S) groups is 1. The predicted octanol–water partition coefficient (Wildman–Crippen LogP) is 5.41. The van der Waals surface area contributed by atoms with Gasteiger partial charge >= 0.3 is 11.8 Å². The normalized spacial score (nSPS) is 11.4. The van der Waals surface area contributed by atoms with Gasteiger partial charge in [0.25, 0.3) is 0 Å². The van der Waals surface area contributed by atoms with Crippen LogP contribution in [0.2, 0.25) is 5.02 Å². The number of anilines is 2. The molecule has 1 heterocycles. The standard InChI is InChI=1S/C17H9ClF4N2O2S/c18-12-5-8(2-4-13(12)19)23-16(27)24-9-1-3-10-11(17(20,21)22)7-15(25)26-14(10)6-9/h1-7H,(H2,23,24,27). The summed E-state index contributed by atoms with van der Waals surface area (Å²) in [5.74, 6) is -0.592. The summed E-state index contributed by atoms with van der Waals surface area (Å²) < 4.78 is 57.1. The van der Waals surface area contributed by atoms with Crippen molar-refractivity contribution in [1.82, 2.24) is 0 Å². The van der Waals surface area contributed by atoms with Crippen LogP contribution in [0.4, 0.5) is 28.9 Å². The van der Waals surface area contributed by atoms with Crippen LogP contribution >= 0.6 is 23.8 Å². The molecule has 0 saturated heterocycles. The van der Waals surface area contributed by atoms with Crippen molar-refractivity contribution in [2.45, 2.75) is 6.18 Å². The third-order valence-electron chi connectivity index (χ3n) is 3.49. The summed E-state index contributed by atoms with van der Waals surface area (Å²) in [7, 11) is 0. The lowest BCUT2D eigenvalue weighted by atomic mass is 10.1. The summed E-state index contributed by atoms with van der Waals surface area (Å²) in [6.07, 6.45) is -4.69. The number of nitrogens with one attached hydrogen (secondary N) is 2. The van der Waals surface area contributed by atoms with E-state index < -0.39 is 23.2 Å². The monoisotopic (exact) mass is 416 g/mol. The van der Waals surface area contributed by atoms with E-state index in [0.717, 1.165) is 6.07 Å². The van der Waals surface area contributed by atoms with Gasteiger partial charge < -0.3 is 15.1 Å². The third-order valence-corrected chi connectivity index (χ3v) is 3.98. The number of hydrogen-bond acceptors (Lipinski definition) is 3. The Morgan fingerprint density at radius 2 is 1.67 bits per heavy atom. The fourth-order valence-electron chi connectivity index (χ4n) is 2.34. The minimum atomic E-state index is -4.69. The van der Waals surface area contributed by atoms with Gasteiger partial charge in [0.15, 0.2) is 5.11 Å². The molecule has 0 atom stereocenters. The zero-order valence-corrected chi connectivity index (χ0v) is 14.7. The second-order valence-electron chi connectivity index (χ2n) is 5.40. The van der Waals surface area contributed by atoms with Gasteiger partial charge in [0.05, 0.1) is 10.6 Å². The average molecular weight is 417 g/mol. The first-order chi connectivity index (χ1) is 12.6. The minimum Gasteiger partial charge on any atom is -0.423 e. The molecule has 0 aliphatic heterocycles. The summed E-state index contributed by atoms with van der Waals surface area (Å²) in [4.78, 5) is 11.4. The van der Waals surface area contributed by atoms with Crippen LogP contribution in [0.1, 0.15) is 5.56 Å². The Bertz CT molecular complexity index is 1100. The quantitative estimate of drug-likeness (QED) is 0.332. The Kier molecular flexibility index (Phi) is 5.07. The van der Waals surface area contributed by atoms with Gasteiger partial charge in [0.2, 0.25) is 0 Å². The van der Waals surface area contributed by atoms with Crippen molar-refractivity contribution in [2.24, 2.45) is 0 Å². The number of halogens is 5. The van der Waals surface area contributed by atoms with Crippen LogP contribution in [0.5, 0.6) is 0 Å². The fraction of sp³-hybridized carbons (Fsp3) is 0.0588. The fourth-order valence-corrected chi connectivity index (χ4v) is 2.76. The van der Waals surface area contributed by atoms with Crippen molar-refractivity contribution in [1.29, 1.82) is 0 Å². The highest BCUT2D eigenvalue weighted by Crippen LogP contribution is 2.34. The van der Waals surface area contributed by atoms with Crippen LogP contribution < -0.4 is 16.3 Å². The molecule has 3 aromatic rings. The predicted molar refractivity (Wildman–Crippen MR) is 98.7 cm³/mol. The van der Waals surface area contributed by atoms with Gasteiger partial charge in [-0.3, -0.25) is 0 Å². The van der Waals surface area contributed by atoms with Crippen LogP contribution in [-0.4, -0.2) is 5.11 Å². The zero-order valence-electron chi connectivity index (χ0n) is 13.2. The number of fused-ring (bicyclic) bond motifs is 1. The highest BCUT2D eigenvalue weighted by atomic mass is 35.5. The van der Waals surface area contributed by atoms with E-state index in [0.29, 0.717) is 11.8 Å². The molecule has 0 radical (unpaired) electrons. The van der Waals surface area contributed by atoms with E-state index >= 15 is 0 Å². The third kappa shape index (κ3) is 4.37. The molecule has 2 N–H and O–H groups in total. The summed E-state index contributed by atoms with van der Waals surface area (Å²) in [6, 6.07) is 8.02. The van der Waals surface area contributed by atoms with E-state index in [1.54, 1.807) is 0 Å². The summed E-state index contributed by atoms with van der Waals surface area (Å²) in [6.45, 7) is 0. The Hall–Kier alpha value is -2.65. The number of rotatable bonds is 2. The van der Waals surface area contributed by atoms with E-state index in [2.05, 4.69) is 10.6 Å². The lowest BCUT2D eigenvalue weighted by Crippen LogP contribution is -2.19. The smallest absolute Gasteiger partial charge is 0.417 e. The lowest BCUT2D eigenvalue weighted by Gasteiger charge is -2.13. The Morgan fingerprint density at radius 3 is 2.30 bits per heavy atom. The second-order valence-corrected chi connectivity index (χ2v) is 6.21.